The van der Waals surface area contributed by atoms with Gasteiger partial charge in [-0.1, -0.05) is 28.1 Å². The maximum absolute atomic E-state index is 12.3. The number of para-hydroxylation sites is 1. The summed E-state index contributed by atoms with van der Waals surface area (Å²) in [5.41, 5.74) is 0.147. The van der Waals surface area contributed by atoms with Crippen LogP contribution in [0.3, 0.4) is 0 Å². The van der Waals surface area contributed by atoms with Crippen molar-refractivity contribution in [1.82, 2.24) is 5.32 Å². The fourth-order valence-electron chi connectivity index (χ4n) is 2.31. The van der Waals surface area contributed by atoms with Crippen LogP contribution in [0.25, 0.3) is 0 Å². The maximum Gasteiger partial charge on any atom is 0.387 e. The summed E-state index contributed by atoms with van der Waals surface area (Å²) in [4.78, 5) is 12.7. The van der Waals surface area contributed by atoms with Crippen molar-refractivity contribution in [2.75, 3.05) is 0 Å². The van der Waals surface area contributed by atoms with Crippen LogP contribution >= 0.6 is 15.9 Å². The van der Waals surface area contributed by atoms with Gasteiger partial charge in [0.2, 0.25) is 0 Å². The lowest BCUT2D eigenvalue weighted by molar-refractivity contribution is -0.0501. The van der Waals surface area contributed by atoms with Crippen molar-refractivity contribution in [1.29, 1.82) is 0 Å². The van der Waals surface area contributed by atoms with Crippen molar-refractivity contribution < 1.29 is 18.3 Å². The second-order valence-electron chi connectivity index (χ2n) is 4.80. The highest BCUT2D eigenvalue weighted by atomic mass is 79.9. The Labute approximate surface area is 124 Å². The minimum Gasteiger partial charge on any atom is -0.434 e. The number of carbonyl (C=O) groups is 1. The van der Waals surface area contributed by atoms with Crippen molar-refractivity contribution in [3.8, 4) is 5.75 Å². The fourth-order valence-corrected chi connectivity index (χ4v) is 2.84. The Morgan fingerprint density at radius 2 is 1.90 bits per heavy atom. The van der Waals surface area contributed by atoms with Crippen molar-refractivity contribution in [3.05, 3.63) is 29.8 Å². The zero-order valence-electron chi connectivity index (χ0n) is 10.8. The van der Waals surface area contributed by atoms with E-state index in [0.29, 0.717) is 4.83 Å². The Hall–Kier alpha value is -1.17. The van der Waals surface area contributed by atoms with Crippen molar-refractivity contribution >= 4 is 21.8 Å². The number of amides is 1. The molecule has 0 saturated heterocycles. The predicted octanol–water partition coefficient (Wildman–Crippen LogP) is 3.72. The van der Waals surface area contributed by atoms with E-state index in [1.54, 1.807) is 12.1 Å². The average molecular weight is 348 g/mol. The molecule has 1 amide bonds. The Morgan fingerprint density at radius 1 is 1.25 bits per heavy atom. The Kier molecular flexibility index (Phi) is 5.34. The van der Waals surface area contributed by atoms with E-state index >= 15 is 0 Å². The van der Waals surface area contributed by atoms with Crippen LogP contribution < -0.4 is 10.1 Å². The van der Waals surface area contributed by atoms with Gasteiger partial charge in [-0.05, 0) is 37.8 Å². The molecule has 0 spiro atoms. The number of hydrogen-bond acceptors (Lipinski definition) is 2. The molecule has 1 aromatic rings. The summed E-state index contributed by atoms with van der Waals surface area (Å²) in [6, 6.07) is 6.14. The Bertz CT molecular complexity index is 462. The highest BCUT2D eigenvalue weighted by molar-refractivity contribution is 9.09. The molecule has 1 fully saturated rings. The van der Waals surface area contributed by atoms with Crippen LogP contribution in [0, 0.1) is 0 Å². The largest absolute Gasteiger partial charge is 0.434 e. The molecule has 1 aliphatic carbocycles. The predicted molar refractivity (Wildman–Crippen MR) is 75.5 cm³/mol. The van der Waals surface area contributed by atoms with Crippen LogP contribution in [-0.4, -0.2) is 23.4 Å². The molecular weight excluding hydrogens is 332 g/mol. The van der Waals surface area contributed by atoms with Gasteiger partial charge in [0.25, 0.3) is 5.91 Å². The second kappa shape index (κ2) is 7.02. The van der Waals surface area contributed by atoms with Crippen molar-refractivity contribution in [2.45, 2.75) is 43.2 Å². The number of carbonyl (C=O) groups excluding carboxylic acids is 1. The van der Waals surface area contributed by atoms with Gasteiger partial charge in [-0.2, -0.15) is 8.78 Å². The molecule has 110 valence electrons. The Morgan fingerprint density at radius 3 is 2.55 bits per heavy atom. The summed E-state index contributed by atoms with van der Waals surface area (Å²) in [5.74, 6) is -0.451. The number of halogens is 3. The minimum absolute atomic E-state index is 0.0887. The van der Waals surface area contributed by atoms with E-state index in [-0.39, 0.29) is 23.3 Å². The lowest BCUT2D eigenvalue weighted by Crippen LogP contribution is -2.38. The van der Waals surface area contributed by atoms with Crippen LogP contribution in [0.2, 0.25) is 0 Å². The number of rotatable bonds is 4. The number of nitrogens with one attached hydrogen (secondary N) is 1. The highest BCUT2D eigenvalue weighted by Crippen LogP contribution is 2.25. The van der Waals surface area contributed by atoms with Crippen LogP contribution in [0.4, 0.5) is 8.78 Å². The molecule has 2 rings (SSSR count). The molecule has 1 saturated carbocycles. The molecule has 6 heteroatoms. The van der Waals surface area contributed by atoms with Crippen LogP contribution in [-0.2, 0) is 0 Å². The lowest BCUT2D eigenvalue weighted by atomic mass is 9.95. The third kappa shape index (κ3) is 4.16. The minimum atomic E-state index is -2.94. The first-order valence-corrected chi connectivity index (χ1v) is 7.46. The van der Waals surface area contributed by atoms with Gasteiger partial charge in [0.05, 0.1) is 5.56 Å². The molecule has 0 heterocycles. The molecule has 1 aliphatic rings. The SMILES string of the molecule is O=C(NC1CCC(Br)CC1)c1ccccc1OC(F)F. The number of hydrogen-bond donors (Lipinski definition) is 1. The van der Waals surface area contributed by atoms with Gasteiger partial charge in [-0.15, -0.1) is 0 Å². The van der Waals surface area contributed by atoms with Crippen LogP contribution in [0.5, 0.6) is 5.75 Å². The first-order chi connectivity index (χ1) is 9.56. The van der Waals surface area contributed by atoms with Crippen LogP contribution in [0.15, 0.2) is 24.3 Å². The van der Waals surface area contributed by atoms with Gasteiger partial charge < -0.3 is 10.1 Å². The first-order valence-electron chi connectivity index (χ1n) is 6.55. The van der Waals surface area contributed by atoms with Gasteiger partial charge in [0.15, 0.2) is 0 Å². The Balaban J connectivity index is 2.01. The molecule has 0 atom stereocenters. The van der Waals surface area contributed by atoms with E-state index in [2.05, 4.69) is 26.0 Å². The van der Waals surface area contributed by atoms with Gasteiger partial charge in [-0.3, -0.25) is 4.79 Å². The van der Waals surface area contributed by atoms with Gasteiger partial charge in [0.1, 0.15) is 5.75 Å². The standard InChI is InChI=1S/C14H16BrF2NO2/c15-9-5-7-10(8-6-9)18-13(19)11-3-1-2-4-12(11)20-14(16)17/h1-4,9-10,14H,5-8H2,(H,18,19). The molecule has 0 aliphatic heterocycles. The summed E-state index contributed by atoms with van der Waals surface area (Å²) in [6.07, 6.45) is 3.78. The molecule has 0 aromatic heterocycles. The molecule has 0 bridgehead atoms. The normalized spacial score (nSPS) is 22.6. The quantitative estimate of drug-likeness (QED) is 0.843. The monoisotopic (exact) mass is 347 g/mol. The maximum atomic E-state index is 12.3. The molecule has 0 unspecified atom stereocenters. The third-order valence-corrected chi connectivity index (χ3v) is 4.26. The summed E-state index contributed by atoms with van der Waals surface area (Å²) >= 11 is 3.55. The second-order valence-corrected chi connectivity index (χ2v) is 6.09. The fraction of sp³-hybridized carbons (Fsp3) is 0.500. The summed E-state index contributed by atoms with van der Waals surface area (Å²) in [7, 11) is 0. The summed E-state index contributed by atoms with van der Waals surface area (Å²) < 4.78 is 29.0. The number of ether oxygens (including phenoxy) is 1. The van der Waals surface area contributed by atoms with Gasteiger partial charge in [0, 0.05) is 10.9 Å². The molecule has 1 aromatic carbocycles. The van der Waals surface area contributed by atoms with Gasteiger partial charge >= 0.3 is 6.61 Å². The van der Waals surface area contributed by atoms with E-state index in [1.807, 2.05) is 0 Å². The van der Waals surface area contributed by atoms with E-state index in [4.69, 9.17) is 0 Å². The zero-order chi connectivity index (χ0) is 14.5. The van der Waals surface area contributed by atoms with Gasteiger partial charge in [-0.25, -0.2) is 0 Å². The molecule has 1 N–H and O–H groups in total. The topological polar surface area (TPSA) is 38.3 Å². The first kappa shape index (κ1) is 15.2. The number of benzene rings is 1. The number of alkyl halides is 3. The van der Waals surface area contributed by atoms with E-state index in [1.165, 1.54) is 12.1 Å². The van der Waals surface area contributed by atoms with E-state index < -0.39 is 6.61 Å². The van der Waals surface area contributed by atoms with E-state index in [0.717, 1.165) is 25.7 Å². The summed E-state index contributed by atoms with van der Waals surface area (Å²) in [6.45, 7) is -2.94. The molecule has 0 radical (unpaired) electrons. The van der Waals surface area contributed by atoms with Crippen LogP contribution in [0.1, 0.15) is 36.0 Å². The molecule has 20 heavy (non-hydrogen) atoms. The van der Waals surface area contributed by atoms with E-state index in [9.17, 15) is 13.6 Å². The van der Waals surface area contributed by atoms with Crippen molar-refractivity contribution in [2.24, 2.45) is 0 Å². The zero-order valence-corrected chi connectivity index (χ0v) is 12.4. The molecule has 3 nitrogen and oxygen atoms in total. The lowest BCUT2D eigenvalue weighted by Gasteiger charge is -2.26. The average Bonchev–Trinajstić information content (AvgIpc) is 2.41. The highest BCUT2D eigenvalue weighted by Gasteiger charge is 2.22. The van der Waals surface area contributed by atoms with Crippen molar-refractivity contribution in [3.63, 3.8) is 0 Å². The summed E-state index contributed by atoms with van der Waals surface area (Å²) in [5, 5.41) is 2.88. The molecular formula is C14H16BrF2NO2. The smallest absolute Gasteiger partial charge is 0.387 e. The third-order valence-electron chi connectivity index (χ3n) is 3.34.